The number of carbonyl (C=O) groups excluding carboxylic acids is 3. The molecule has 1 aliphatic heterocycles. The molecule has 2 aromatic carbocycles. The van der Waals surface area contributed by atoms with Gasteiger partial charge in [-0.2, -0.15) is 0 Å². The molecule has 0 unspecified atom stereocenters. The van der Waals surface area contributed by atoms with Crippen molar-refractivity contribution in [2.24, 2.45) is 0 Å². The number of benzene rings is 2. The smallest absolute Gasteiger partial charge is 0.408 e. The van der Waals surface area contributed by atoms with Crippen molar-refractivity contribution < 1.29 is 28.3 Å². The molecular formula is C30H42N2O6Si. The van der Waals surface area contributed by atoms with Crippen molar-refractivity contribution in [2.75, 3.05) is 6.61 Å². The highest BCUT2D eigenvalue weighted by atomic mass is 28.4. The molecule has 39 heavy (non-hydrogen) atoms. The fraction of sp³-hybridized carbons (Fsp3) is 0.500. The summed E-state index contributed by atoms with van der Waals surface area (Å²) in [6.45, 7) is 16.2. The minimum absolute atomic E-state index is 0.0397. The third-order valence-electron chi connectivity index (χ3n) is 7.20. The molecule has 0 aromatic heterocycles. The maximum absolute atomic E-state index is 13.6. The zero-order valence-electron chi connectivity index (χ0n) is 24.3. The van der Waals surface area contributed by atoms with Crippen LogP contribution in [0.15, 0.2) is 60.7 Å². The van der Waals surface area contributed by atoms with E-state index in [1.165, 1.54) is 4.90 Å². The molecule has 1 heterocycles. The lowest BCUT2D eigenvalue weighted by molar-refractivity contribution is -0.175. The minimum atomic E-state index is -2.18. The Balaban J connectivity index is 1.91. The maximum atomic E-state index is 13.6. The Bertz CT molecular complexity index is 1140. The summed E-state index contributed by atoms with van der Waals surface area (Å²) < 4.78 is 17.6. The average molecular weight is 555 g/mol. The van der Waals surface area contributed by atoms with Crippen LogP contribution in [0.2, 0.25) is 18.1 Å². The second-order valence-electron chi connectivity index (χ2n) is 12.4. The van der Waals surface area contributed by atoms with Crippen LogP contribution in [0.5, 0.6) is 0 Å². The Morgan fingerprint density at radius 3 is 2.05 bits per heavy atom. The van der Waals surface area contributed by atoms with Gasteiger partial charge in [0.25, 0.3) is 0 Å². The first-order valence-electron chi connectivity index (χ1n) is 13.3. The van der Waals surface area contributed by atoms with Crippen LogP contribution in [0.25, 0.3) is 0 Å². The van der Waals surface area contributed by atoms with E-state index in [1.54, 1.807) is 20.8 Å². The molecule has 8 nitrogen and oxygen atoms in total. The Morgan fingerprint density at radius 2 is 1.51 bits per heavy atom. The predicted octanol–water partition coefficient (Wildman–Crippen LogP) is 5.60. The number of amides is 2. The molecule has 0 spiro atoms. The number of carbonyl (C=O) groups is 3. The van der Waals surface area contributed by atoms with Gasteiger partial charge in [0.15, 0.2) is 14.4 Å². The fourth-order valence-corrected chi connectivity index (χ4v) is 5.02. The molecule has 1 saturated heterocycles. The van der Waals surface area contributed by atoms with Crippen LogP contribution in [-0.2, 0) is 30.1 Å². The zero-order chi connectivity index (χ0) is 29.0. The molecule has 2 amide bonds. The van der Waals surface area contributed by atoms with Gasteiger partial charge in [-0.1, -0.05) is 81.4 Å². The number of nitrogens with zero attached hydrogens (tertiary/aromatic N) is 1. The van der Waals surface area contributed by atoms with E-state index in [9.17, 15) is 14.4 Å². The fourth-order valence-electron chi connectivity index (χ4n) is 4.01. The van der Waals surface area contributed by atoms with Crippen molar-refractivity contribution in [1.29, 1.82) is 0 Å². The van der Waals surface area contributed by atoms with Crippen LogP contribution in [-0.4, -0.2) is 55.5 Å². The summed E-state index contributed by atoms with van der Waals surface area (Å²) in [7, 11) is -2.18. The number of likely N-dealkylation sites (tertiary alicyclic amines) is 1. The topological polar surface area (TPSA) is 94.2 Å². The van der Waals surface area contributed by atoms with Crippen LogP contribution >= 0.6 is 0 Å². The van der Waals surface area contributed by atoms with E-state index in [-0.39, 0.29) is 18.3 Å². The van der Waals surface area contributed by atoms with E-state index in [4.69, 9.17) is 13.9 Å². The van der Waals surface area contributed by atoms with E-state index >= 15 is 0 Å². The van der Waals surface area contributed by atoms with E-state index < -0.39 is 50.0 Å². The van der Waals surface area contributed by atoms with Gasteiger partial charge >= 0.3 is 12.1 Å². The Kier molecular flexibility index (Phi) is 9.28. The Hall–Kier alpha value is -3.17. The lowest BCUT2D eigenvalue weighted by Crippen LogP contribution is -2.74. The second-order valence-corrected chi connectivity index (χ2v) is 17.2. The maximum Gasteiger partial charge on any atom is 0.408 e. The number of esters is 1. The Morgan fingerprint density at radius 1 is 0.949 bits per heavy atom. The van der Waals surface area contributed by atoms with Gasteiger partial charge in [-0.3, -0.25) is 4.79 Å². The first kappa shape index (κ1) is 30.4. The minimum Gasteiger partial charge on any atom is -0.459 e. The molecular weight excluding hydrogens is 512 g/mol. The summed E-state index contributed by atoms with van der Waals surface area (Å²) in [5.74, 6) is -0.997. The number of nitrogens with one attached hydrogen (secondary N) is 1. The quantitative estimate of drug-likeness (QED) is 0.246. The van der Waals surface area contributed by atoms with Gasteiger partial charge in [0, 0.05) is 0 Å². The molecule has 1 N–H and O–H groups in total. The summed E-state index contributed by atoms with van der Waals surface area (Å²) >= 11 is 0. The van der Waals surface area contributed by atoms with Gasteiger partial charge in [-0.25, -0.2) is 9.59 Å². The molecule has 0 radical (unpaired) electrons. The Labute approximate surface area is 233 Å². The molecule has 1 aliphatic rings. The van der Waals surface area contributed by atoms with Gasteiger partial charge in [0.05, 0.1) is 12.6 Å². The number of hydrogen-bond acceptors (Lipinski definition) is 6. The van der Waals surface area contributed by atoms with Crippen LogP contribution in [0.4, 0.5) is 4.79 Å². The molecule has 1 fully saturated rings. The molecule has 0 saturated carbocycles. The summed E-state index contributed by atoms with van der Waals surface area (Å²) in [5, 5.41) is 2.56. The highest BCUT2D eigenvalue weighted by Gasteiger charge is 2.56. The molecule has 212 valence electrons. The monoisotopic (exact) mass is 554 g/mol. The highest BCUT2D eigenvalue weighted by molar-refractivity contribution is 6.74. The number of β-lactam (4-membered cyclic amide) rings is 1. The summed E-state index contributed by atoms with van der Waals surface area (Å²) in [6.07, 6.45) is -0.768. The van der Waals surface area contributed by atoms with E-state index in [1.807, 2.05) is 60.7 Å². The van der Waals surface area contributed by atoms with Crippen LogP contribution in [0.1, 0.15) is 58.7 Å². The lowest BCUT2D eigenvalue weighted by Gasteiger charge is -2.50. The van der Waals surface area contributed by atoms with Crippen LogP contribution in [0.3, 0.4) is 0 Å². The van der Waals surface area contributed by atoms with Gasteiger partial charge in [0.1, 0.15) is 18.2 Å². The molecule has 0 bridgehead atoms. The molecule has 2 aromatic rings. The molecule has 9 heteroatoms. The standard InChI is InChI=1S/C30H42N2O6Si/c1-29(2,3)38-28(35)31-24-25(27(34)36-19-21-15-11-9-12-16-21)32(26(24)33)23(22-17-13-10-14-18-22)20-37-39(7,8)30(4,5)6/h9-18,23-25H,19-20H2,1-8H3,(H,31,35)/t23-,24+,25+/m1/s1. The van der Waals surface area contributed by atoms with Crippen molar-refractivity contribution in [1.82, 2.24) is 10.2 Å². The van der Waals surface area contributed by atoms with E-state index in [2.05, 4.69) is 39.2 Å². The summed E-state index contributed by atoms with van der Waals surface area (Å²) in [5.41, 5.74) is 0.894. The van der Waals surface area contributed by atoms with Gasteiger partial charge < -0.3 is 24.1 Å². The van der Waals surface area contributed by atoms with Crippen molar-refractivity contribution in [2.45, 2.75) is 90.0 Å². The molecule has 3 rings (SSSR count). The molecule has 0 aliphatic carbocycles. The second kappa shape index (κ2) is 11.9. The van der Waals surface area contributed by atoms with Crippen molar-refractivity contribution in [3.05, 3.63) is 71.8 Å². The number of ether oxygens (including phenoxy) is 2. The van der Waals surface area contributed by atoms with Gasteiger partial charge in [0.2, 0.25) is 5.91 Å². The van der Waals surface area contributed by atoms with Gasteiger partial charge in [-0.15, -0.1) is 0 Å². The first-order valence-corrected chi connectivity index (χ1v) is 16.2. The zero-order valence-corrected chi connectivity index (χ0v) is 25.3. The van der Waals surface area contributed by atoms with Crippen molar-refractivity contribution in [3.63, 3.8) is 0 Å². The number of rotatable bonds is 9. The largest absolute Gasteiger partial charge is 0.459 e. The third kappa shape index (κ3) is 7.70. The number of alkyl carbamates (subject to hydrolysis) is 1. The van der Waals surface area contributed by atoms with Gasteiger partial charge in [-0.05, 0) is 50.0 Å². The van der Waals surface area contributed by atoms with Crippen LogP contribution in [0, 0.1) is 0 Å². The van der Waals surface area contributed by atoms with E-state index in [0.29, 0.717) is 0 Å². The average Bonchev–Trinajstić information content (AvgIpc) is 2.85. The first-order chi connectivity index (χ1) is 18.1. The molecule has 3 atom stereocenters. The highest BCUT2D eigenvalue weighted by Crippen LogP contribution is 2.39. The summed E-state index contributed by atoms with van der Waals surface area (Å²) in [4.78, 5) is 41.2. The lowest BCUT2D eigenvalue weighted by atomic mass is 9.90. The van der Waals surface area contributed by atoms with E-state index in [0.717, 1.165) is 11.1 Å². The third-order valence-corrected chi connectivity index (χ3v) is 11.7. The SMILES string of the molecule is CC(C)(C)OC(=O)N[C@@H]1C(=O)N([C@H](CO[Si](C)(C)C(C)(C)C)c2ccccc2)[C@@H]1C(=O)OCc1ccccc1. The summed E-state index contributed by atoms with van der Waals surface area (Å²) in [6, 6.07) is 16.1. The van der Waals surface area contributed by atoms with Crippen molar-refractivity contribution >= 4 is 26.3 Å². The van der Waals surface area contributed by atoms with Crippen molar-refractivity contribution in [3.8, 4) is 0 Å². The normalized spacial score (nSPS) is 18.7. The van der Waals surface area contributed by atoms with Crippen LogP contribution < -0.4 is 5.32 Å². The predicted molar refractivity (Wildman–Crippen MR) is 152 cm³/mol. The number of hydrogen-bond donors (Lipinski definition) is 1.